The zero-order valence-electron chi connectivity index (χ0n) is 7.36. The van der Waals surface area contributed by atoms with Crippen LogP contribution in [0.25, 0.3) is 11.1 Å². The Morgan fingerprint density at radius 3 is 2.73 bits per heavy atom. The molecule has 2 rings (SSSR count). The number of fused-ring (bicyclic) bond motifs is 1. The summed E-state index contributed by atoms with van der Waals surface area (Å²) >= 11 is 0. The topological polar surface area (TPSA) is 95.1 Å². The van der Waals surface area contributed by atoms with Crippen molar-refractivity contribution in [3.05, 3.63) is 23.5 Å². The first-order valence-electron chi connectivity index (χ1n) is 3.74. The van der Waals surface area contributed by atoms with Crippen LogP contribution in [0.1, 0.15) is 10.4 Å². The van der Waals surface area contributed by atoms with Crippen LogP contribution in [0.5, 0.6) is 0 Å². The maximum Gasteiger partial charge on any atom is 0.293 e. The van der Waals surface area contributed by atoms with Gasteiger partial charge >= 0.3 is 0 Å². The van der Waals surface area contributed by atoms with Gasteiger partial charge in [-0.2, -0.15) is 4.98 Å². The molecule has 80 valence electrons. The summed E-state index contributed by atoms with van der Waals surface area (Å²) < 4.78 is 18.1. The number of carbonyl (C=O) groups excluding carboxylic acids is 1. The maximum absolute atomic E-state index is 13.2. The molecule has 0 atom stereocenters. The third kappa shape index (κ3) is 1.71. The number of aromatic nitrogens is 1. The second-order valence-electron chi connectivity index (χ2n) is 2.69. The van der Waals surface area contributed by atoms with Crippen LogP contribution in [-0.4, -0.2) is 10.9 Å². The molecule has 0 fully saturated rings. The molecule has 1 heterocycles. The van der Waals surface area contributed by atoms with Gasteiger partial charge in [0.25, 0.3) is 11.9 Å². The molecule has 0 aliphatic heterocycles. The summed E-state index contributed by atoms with van der Waals surface area (Å²) in [5.74, 6) is -1.64. The van der Waals surface area contributed by atoms with Crippen LogP contribution in [0.4, 0.5) is 10.4 Å². The van der Waals surface area contributed by atoms with Crippen molar-refractivity contribution in [2.24, 2.45) is 5.73 Å². The molecule has 2 aromatic rings. The molecule has 15 heavy (non-hydrogen) atoms. The van der Waals surface area contributed by atoms with E-state index in [0.29, 0.717) is 0 Å². The summed E-state index contributed by atoms with van der Waals surface area (Å²) in [5, 5.41) is 0. The Morgan fingerprint density at radius 1 is 1.47 bits per heavy atom. The molecule has 0 spiro atoms. The molecule has 0 aliphatic rings. The van der Waals surface area contributed by atoms with E-state index < -0.39 is 11.7 Å². The molecule has 0 aliphatic carbocycles. The number of oxazole rings is 1. The van der Waals surface area contributed by atoms with Crippen LogP contribution in [0.2, 0.25) is 0 Å². The largest absolute Gasteiger partial charge is 0.424 e. The summed E-state index contributed by atoms with van der Waals surface area (Å²) in [5.41, 5.74) is 10.2. The first-order chi connectivity index (χ1) is 6.59. The maximum atomic E-state index is 13.2. The Morgan fingerprint density at radius 2 is 2.13 bits per heavy atom. The van der Waals surface area contributed by atoms with Gasteiger partial charge in [-0.05, 0) is 12.1 Å². The van der Waals surface area contributed by atoms with E-state index in [1.54, 1.807) is 0 Å². The predicted octanol–water partition coefficient (Wildman–Crippen LogP) is 1.07. The van der Waals surface area contributed by atoms with Gasteiger partial charge in [0.15, 0.2) is 5.58 Å². The van der Waals surface area contributed by atoms with E-state index in [2.05, 4.69) is 4.98 Å². The number of nitrogen functional groups attached to an aromatic ring is 1. The van der Waals surface area contributed by atoms with E-state index in [4.69, 9.17) is 15.9 Å². The number of hydrogen-bond acceptors (Lipinski definition) is 4. The highest BCUT2D eigenvalue weighted by Crippen LogP contribution is 2.22. The lowest BCUT2D eigenvalue weighted by Crippen LogP contribution is -2.13. The third-order valence-electron chi connectivity index (χ3n) is 1.77. The van der Waals surface area contributed by atoms with Crippen LogP contribution in [0.3, 0.4) is 0 Å². The molecule has 0 saturated heterocycles. The second kappa shape index (κ2) is 3.74. The summed E-state index contributed by atoms with van der Waals surface area (Å²) in [6, 6.07) is 2.28. The summed E-state index contributed by atoms with van der Waals surface area (Å²) in [7, 11) is 0. The number of amides is 1. The molecular weight excluding hydrogens is 225 g/mol. The minimum absolute atomic E-state index is 0. The number of rotatable bonds is 1. The van der Waals surface area contributed by atoms with E-state index in [1.165, 1.54) is 6.07 Å². The molecule has 7 heteroatoms. The van der Waals surface area contributed by atoms with E-state index in [-0.39, 0.29) is 35.1 Å². The van der Waals surface area contributed by atoms with Crippen molar-refractivity contribution >= 4 is 35.4 Å². The Hall–Kier alpha value is -1.82. The van der Waals surface area contributed by atoms with E-state index >= 15 is 0 Å². The Bertz CT molecular complexity index is 526. The van der Waals surface area contributed by atoms with Crippen molar-refractivity contribution in [2.45, 2.75) is 0 Å². The first kappa shape index (κ1) is 11.3. The van der Waals surface area contributed by atoms with Gasteiger partial charge in [0, 0.05) is 0 Å². The molecule has 0 radical (unpaired) electrons. The van der Waals surface area contributed by atoms with Gasteiger partial charge < -0.3 is 15.9 Å². The number of anilines is 1. The van der Waals surface area contributed by atoms with Crippen molar-refractivity contribution < 1.29 is 13.6 Å². The lowest BCUT2D eigenvalue weighted by molar-refractivity contribution is 0.0998. The summed E-state index contributed by atoms with van der Waals surface area (Å²) in [6.07, 6.45) is 0. The van der Waals surface area contributed by atoms with Gasteiger partial charge in [0.2, 0.25) is 0 Å². The van der Waals surface area contributed by atoms with Crippen LogP contribution in [0, 0.1) is 5.82 Å². The number of halogens is 2. The highest BCUT2D eigenvalue weighted by Gasteiger charge is 2.16. The minimum Gasteiger partial charge on any atom is -0.424 e. The van der Waals surface area contributed by atoms with E-state index in [0.717, 1.165) is 6.07 Å². The lowest BCUT2D eigenvalue weighted by Gasteiger charge is -1.96. The number of benzene rings is 1. The molecule has 0 bridgehead atoms. The molecule has 1 amide bonds. The zero-order chi connectivity index (χ0) is 10.3. The molecule has 0 unspecified atom stereocenters. The van der Waals surface area contributed by atoms with Crippen molar-refractivity contribution in [2.75, 3.05) is 5.73 Å². The van der Waals surface area contributed by atoms with Gasteiger partial charge in [-0.25, -0.2) is 4.39 Å². The minimum atomic E-state index is -0.901. The number of nitrogens with two attached hydrogens (primary N) is 2. The summed E-state index contributed by atoms with van der Waals surface area (Å²) in [4.78, 5) is 14.6. The molecule has 1 aromatic heterocycles. The average molecular weight is 232 g/mol. The van der Waals surface area contributed by atoms with Crippen LogP contribution < -0.4 is 11.5 Å². The number of nitrogens with zero attached hydrogens (tertiary/aromatic N) is 1. The van der Waals surface area contributed by atoms with Crippen LogP contribution in [-0.2, 0) is 0 Å². The molecule has 1 aromatic carbocycles. The smallest absolute Gasteiger partial charge is 0.293 e. The standard InChI is InChI=1S/C8H6FN3O2.ClH/c9-3-1-2-4-6(5(3)7(10)13)12-8(11)14-4;/h1-2H,(H2,10,13)(H2,11,12);1H. The van der Waals surface area contributed by atoms with Crippen molar-refractivity contribution in [3.8, 4) is 0 Å². The van der Waals surface area contributed by atoms with E-state index in [1.807, 2.05) is 0 Å². The fourth-order valence-corrected chi connectivity index (χ4v) is 1.22. The predicted molar refractivity (Wildman–Crippen MR) is 54.1 cm³/mol. The number of primary amides is 1. The third-order valence-corrected chi connectivity index (χ3v) is 1.77. The average Bonchev–Trinajstić information content (AvgIpc) is 2.43. The summed E-state index contributed by atoms with van der Waals surface area (Å²) in [6.45, 7) is 0. The number of hydrogen-bond donors (Lipinski definition) is 2. The zero-order valence-corrected chi connectivity index (χ0v) is 8.18. The first-order valence-corrected chi connectivity index (χ1v) is 3.74. The van der Waals surface area contributed by atoms with Crippen LogP contribution >= 0.6 is 12.4 Å². The lowest BCUT2D eigenvalue weighted by atomic mass is 10.1. The molecule has 0 saturated carbocycles. The normalized spacial score (nSPS) is 9.93. The van der Waals surface area contributed by atoms with Gasteiger partial charge in [0.05, 0.1) is 0 Å². The fourth-order valence-electron chi connectivity index (χ4n) is 1.22. The highest BCUT2D eigenvalue weighted by molar-refractivity contribution is 6.04. The Labute approximate surface area is 89.7 Å². The Kier molecular flexibility index (Phi) is 2.81. The van der Waals surface area contributed by atoms with Gasteiger partial charge in [0.1, 0.15) is 16.9 Å². The SMILES string of the molecule is Cl.NC(=O)c1c(F)ccc2oc(N)nc12. The van der Waals surface area contributed by atoms with Crippen LogP contribution in [0.15, 0.2) is 16.5 Å². The molecular formula is C8H7ClFN3O2. The van der Waals surface area contributed by atoms with Gasteiger partial charge in [-0.1, -0.05) is 0 Å². The highest BCUT2D eigenvalue weighted by atomic mass is 35.5. The van der Waals surface area contributed by atoms with E-state index in [9.17, 15) is 9.18 Å². The second-order valence-corrected chi connectivity index (χ2v) is 2.69. The van der Waals surface area contributed by atoms with Crippen molar-refractivity contribution in [1.82, 2.24) is 4.98 Å². The molecule has 5 nitrogen and oxygen atoms in total. The molecule has 4 N–H and O–H groups in total. The van der Waals surface area contributed by atoms with Gasteiger partial charge in [-0.3, -0.25) is 4.79 Å². The quantitative estimate of drug-likeness (QED) is 0.767. The number of carbonyl (C=O) groups is 1. The van der Waals surface area contributed by atoms with Crippen molar-refractivity contribution in [3.63, 3.8) is 0 Å². The van der Waals surface area contributed by atoms with Crippen molar-refractivity contribution in [1.29, 1.82) is 0 Å². The monoisotopic (exact) mass is 231 g/mol. The van der Waals surface area contributed by atoms with Gasteiger partial charge in [-0.15, -0.1) is 12.4 Å². The fraction of sp³-hybridized carbons (Fsp3) is 0. The Balaban J connectivity index is 0.00000112.